The van der Waals surface area contributed by atoms with E-state index in [9.17, 15) is 9.59 Å². The minimum absolute atomic E-state index is 0.0687. The number of amides is 3. The molecule has 0 unspecified atom stereocenters. The van der Waals surface area contributed by atoms with E-state index in [1.807, 2.05) is 54.6 Å². The summed E-state index contributed by atoms with van der Waals surface area (Å²) in [6.07, 6.45) is 0.772. The largest absolute Gasteiger partial charge is 0.495 e. The van der Waals surface area contributed by atoms with Crippen LogP contribution in [0.4, 0.5) is 10.5 Å². The number of benzene rings is 2. The van der Waals surface area contributed by atoms with E-state index in [0.717, 1.165) is 12.1 Å². The molecular weight excluding hydrogens is 330 g/mol. The normalized spacial score (nSPS) is 13.8. The van der Waals surface area contributed by atoms with Gasteiger partial charge in [0.15, 0.2) is 0 Å². The molecule has 0 aliphatic carbocycles. The fourth-order valence-electron chi connectivity index (χ4n) is 3.03. The molecule has 6 heteroatoms. The Morgan fingerprint density at radius 2 is 1.81 bits per heavy atom. The van der Waals surface area contributed by atoms with Gasteiger partial charge in [-0.3, -0.25) is 9.69 Å². The van der Waals surface area contributed by atoms with Crippen molar-refractivity contribution < 1.29 is 14.3 Å². The van der Waals surface area contributed by atoms with Gasteiger partial charge in [-0.1, -0.05) is 42.5 Å². The van der Waals surface area contributed by atoms with Crippen molar-refractivity contribution in [2.45, 2.75) is 6.42 Å². The predicted octanol–water partition coefficient (Wildman–Crippen LogP) is 2.30. The third kappa shape index (κ3) is 4.14. The highest BCUT2D eigenvalue weighted by molar-refractivity contribution is 5.97. The summed E-state index contributed by atoms with van der Waals surface area (Å²) in [4.78, 5) is 28.0. The van der Waals surface area contributed by atoms with Gasteiger partial charge >= 0.3 is 6.03 Å². The SMILES string of the molecule is COc1ccccc1N1CCN(CC(=O)NCCc2ccccc2)C1=O. The lowest BCUT2D eigenvalue weighted by Crippen LogP contribution is -2.40. The quantitative estimate of drug-likeness (QED) is 0.831. The third-order valence-corrected chi connectivity index (χ3v) is 4.38. The molecule has 6 nitrogen and oxygen atoms in total. The molecular formula is C20H23N3O3. The number of ether oxygens (including phenoxy) is 1. The summed E-state index contributed by atoms with van der Waals surface area (Å²) < 4.78 is 5.33. The van der Waals surface area contributed by atoms with E-state index >= 15 is 0 Å². The molecule has 1 fully saturated rings. The first-order valence-electron chi connectivity index (χ1n) is 8.69. The molecule has 1 aliphatic rings. The van der Waals surface area contributed by atoms with Gasteiger partial charge in [0.1, 0.15) is 12.3 Å². The second-order valence-electron chi connectivity index (χ2n) is 6.11. The molecule has 3 rings (SSSR count). The van der Waals surface area contributed by atoms with Crippen LogP contribution in [0.1, 0.15) is 5.56 Å². The molecule has 2 aromatic carbocycles. The summed E-state index contributed by atoms with van der Waals surface area (Å²) in [6, 6.07) is 17.2. The molecule has 0 aromatic heterocycles. The van der Waals surface area contributed by atoms with E-state index in [1.54, 1.807) is 16.9 Å². The van der Waals surface area contributed by atoms with Crippen LogP contribution in [0.25, 0.3) is 0 Å². The molecule has 2 aromatic rings. The van der Waals surface area contributed by atoms with Crippen molar-refractivity contribution in [3.05, 3.63) is 60.2 Å². The van der Waals surface area contributed by atoms with Crippen molar-refractivity contribution in [2.75, 3.05) is 38.2 Å². The van der Waals surface area contributed by atoms with Gasteiger partial charge in [0.2, 0.25) is 5.91 Å². The van der Waals surface area contributed by atoms with Crippen LogP contribution in [0.5, 0.6) is 5.75 Å². The van der Waals surface area contributed by atoms with Gasteiger partial charge in [0, 0.05) is 19.6 Å². The Bertz CT molecular complexity index is 764. The number of rotatable bonds is 7. The van der Waals surface area contributed by atoms with Crippen molar-refractivity contribution in [2.24, 2.45) is 0 Å². The van der Waals surface area contributed by atoms with E-state index in [4.69, 9.17) is 4.74 Å². The molecule has 26 heavy (non-hydrogen) atoms. The summed E-state index contributed by atoms with van der Waals surface area (Å²) in [5.74, 6) is 0.506. The second-order valence-corrected chi connectivity index (χ2v) is 6.11. The van der Waals surface area contributed by atoms with Gasteiger partial charge in [-0.15, -0.1) is 0 Å². The average molecular weight is 353 g/mol. The van der Waals surface area contributed by atoms with Gasteiger partial charge < -0.3 is 15.0 Å². The molecule has 0 saturated carbocycles. The number of methoxy groups -OCH3 is 1. The fraction of sp³-hybridized carbons (Fsp3) is 0.300. The highest BCUT2D eigenvalue weighted by Crippen LogP contribution is 2.30. The molecule has 0 atom stereocenters. The smallest absolute Gasteiger partial charge is 0.325 e. The van der Waals surface area contributed by atoms with Crippen LogP contribution in [0.3, 0.4) is 0 Å². The zero-order chi connectivity index (χ0) is 18.4. The average Bonchev–Trinajstić information content (AvgIpc) is 3.03. The monoisotopic (exact) mass is 353 g/mol. The third-order valence-electron chi connectivity index (χ3n) is 4.38. The van der Waals surface area contributed by atoms with Crippen LogP contribution in [0.15, 0.2) is 54.6 Å². The number of nitrogens with zero attached hydrogens (tertiary/aromatic N) is 2. The maximum atomic E-state index is 12.6. The summed E-state index contributed by atoms with van der Waals surface area (Å²) in [5.41, 5.74) is 1.90. The van der Waals surface area contributed by atoms with Crippen LogP contribution < -0.4 is 15.0 Å². The van der Waals surface area contributed by atoms with Gasteiger partial charge in [0.25, 0.3) is 0 Å². The van der Waals surface area contributed by atoms with Crippen molar-refractivity contribution >= 4 is 17.6 Å². The minimum atomic E-state index is -0.173. The van der Waals surface area contributed by atoms with E-state index < -0.39 is 0 Å². The molecule has 1 saturated heterocycles. The Morgan fingerprint density at radius 3 is 2.58 bits per heavy atom. The number of nitrogens with one attached hydrogen (secondary N) is 1. The number of hydrogen-bond acceptors (Lipinski definition) is 3. The molecule has 1 heterocycles. The first-order valence-corrected chi connectivity index (χ1v) is 8.69. The molecule has 0 bridgehead atoms. The fourth-order valence-corrected chi connectivity index (χ4v) is 3.03. The molecule has 3 amide bonds. The van der Waals surface area contributed by atoms with Crippen LogP contribution in [0, 0.1) is 0 Å². The Labute approximate surface area is 153 Å². The van der Waals surface area contributed by atoms with Crippen LogP contribution in [-0.4, -0.2) is 50.1 Å². The molecule has 136 valence electrons. The number of anilines is 1. The van der Waals surface area contributed by atoms with E-state index in [1.165, 1.54) is 5.56 Å². The number of hydrogen-bond donors (Lipinski definition) is 1. The van der Waals surface area contributed by atoms with Crippen molar-refractivity contribution in [1.29, 1.82) is 0 Å². The van der Waals surface area contributed by atoms with Gasteiger partial charge in [-0.2, -0.15) is 0 Å². The number of carbonyl (C=O) groups is 2. The Morgan fingerprint density at radius 1 is 1.08 bits per heavy atom. The summed E-state index contributed by atoms with van der Waals surface area (Å²) in [7, 11) is 1.58. The molecule has 0 radical (unpaired) electrons. The maximum Gasteiger partial charge on any atom is 0.325 e. The maximum absolute atomic E-state index is 12.6. The highest BCUT2D eigenvalue weighted by atomic mass is 16.5. The summed E-state index contributed by atoms with van der Waals surface area (Å²) in [6.45, 7) is 1.68. The second kappa shape index (κ2) is 8.38. The zero-order valence-corrected chi connectivity index (χ0v) is 14.9. The first-order chi connectivity index (χ1) is 12.7. The van der Waals surface area contributed by atoms with E-state index in [0.29, 0.717) is 25.4 Å². The Hall–Kier alpha value is -3.02. The minimum Gasteiger partial charge on any atom is -0.495 e. The van der Waals surface area contributed by atoms with Crippen LogP contribution in [-0.2, 0) is 11.2 Å². The Kier molecular flexibility index (Phi) is 5.73. The zero-order valence-electron chi connectivity index (χ0n) is 14.9. The predicted molar refractivity (Wildman–Crippen MR) is 100 cm³/mol. The summed E-state index contributed by atoms with van der Waals surface area (Å²) in [5, 5.41) is 2.88. The van der Waals surface area contributed by atoms with Crippen LogP contribution in [0.2, 0.25) is 0 Å². The standard InChI is InChI=1S/C20H23N3O3/c1-26-18-10-6-5-9-17(18)23-14-13-22(20(23)25)15-19(24)21-12-11-16-7-3-2-4-8-16/h2-10H,11-15H2,1H3,(H,21,24). The topological polar surface area (TPSA) is 61.9 Å². The van der Waals surface area contributed by atoms with Crippen molar-refractivity contribution in [3.8, 4) is 5.75 Å². The lowest BCUT2D eigenvalue weighted by molar-refractivity contribution is -0.121. The number of para-hydroxylation sites is 2. The lowest BCUT2D eigenvalue weighted by atomic mass is 10.1. The first kappa shape index (κ1) is 17.8. The molecule has 1 N–H and O–H groups in total. The summed E-state index contributed by atoms with van der Waals surface area (Å²) >= 11 is 0. The van der Waals surface area contributed by atoms with Gasteiger partial charge in [0.05, 0.1) is 12.8 Å². The highest BCUT2D eigenvalue weighted by Gasteiger charge is 2.32. The van der Waals surface area contributed by atoms with Crippen molar-refractivity contribution in [3.63, 3.8) is 0 Å². The lowest BCUT2D eigenvalue weighted by Gasteiger charge is -2.20. The molecule has 0 spiro atoms. The number of carbonyl (C=O) groups excluding carboxylic acids is 2. The van der Waals surface area contributed by atoms with Crippen molar-refractivity contribution in [1.82, 2.24) is 10.2 Å². The Balaban J connectivity index is 1.51. The van der Waals surface area contributed by atoms with Gasteiger partial charge in [-0.25, -0.2) is 4.79 Å². The van der Waals surface area contributed by atoms with Crippen LogP contribution >= 0.6 is 0 Å². The molecule has 1 aliphatic heterocycles. The van der Waals surface area contributed by atoms with E-state index in [2.05, 4.69) is 5.32 Å². The van der Waals surface area contributed by atoms with Gasteiger partial charge in [-0.05, 0) is 24.1 Å². The van der Waals surface area contributed by atoms with E-state index in [-0.39, 0.29) is 18.5 Å². The number of urea groups is 1.